The van der Waals surface area contributed by atoms with Gasteiger partial charge in [0, 0.05) is 37.5 Å². The maximum atomic E-state index is 13.4. The molecular weight excluding hydrogens is 424 g/mol. The first-order valence-electron chi connectivity index (χ1n) is 11.3. The van der Waals surface area contributed by atoms with E-state index in [2.05, 4.69) is 17.1 Å². The summed E-state index contributed by atoms with van der Waals surface area (Å²) in [7, 11) is 1.61. The van der Waals surface area contributed by atoms with Gasteiger partial charge in [0.15, 0.2) is 0 Å². The van der Waals surface area contributed by atoms with Gasteiger partial charge in [-0.05, 0) is 65.2 Å². The Morgan fingerprint density at radius 1 is 0.765 bits per heavy atom. The highest BCUT2D eigenvalue weighted by Crippen LogP contribution is 2.20. The minimum atomic E-state index is -0.0464. The molecule has 0 aliphatic carbocycles. The third-order valence-electron chi connectivity index (χ3n) is 5.52. The van der Waals surface area contributed by atoms with Crippen LogP contribution in [0.25, 0.3) is 0 Å². The molecule has 1 aromatic heterocycles. The highest BCUT2D eigenvalue weighted by atomic mass is 16.5. The number of carbonyl (C=O) groups is 1. The zero-order valence-electron chi connectivity index (χ0n) is 19.3. The van der Waals surface area contributed by atoms with Gasteiger partial charge in [-0.1, -0.05) is 42.5 Å². The van der Waals surface area contributed by atoms with Gasteiger partial charge < -0.3 is 14.4 Å². The molecule has 0 unspecified atom stereocenters. The topological polar surface area (TPSA) is 51.7 Å². The Kier molecular flexibility index (Phi) is 7.90. The van der Waals surface area contributed by atoms with Gasteiger partial charge in [0.05, 0.1) is 13.7 Å². The summed E-state index contributed by atoms with van der Waals surface area (Å²) in [4.78, 5) is 19.3. The molecule has 172 valence electrons. The molecule has 4 aromatic rings. The number of hydrogen-bond acceptors (Lipinski definition) is 4. The standard InChI is InChI=1S/C29H28N2O3/c1-33-27-12-10-26(11-13-27)29(32)31(21-24-14-17-30-18-15-24)22-25-8-5-9-28(20-25)34-19-16-23-6-3-2-4-7-23/h2-15,17-18,20H,16,19,21-22H2,1H3. The molecule has 0 spiro atoms. The number of pyridine rings is 1. The van der Waals surface area contributed by atoms with Crippen molar-refractivity contribution in [2.45, 2.75) is 19.5 Å². The average molecular weight is 453 g/mol. The number of rotatable bonds is 10. The zero-order chi connectivity index (χ0) is 23.6. The Labute approximate surface area is 200 Å². The van der Waals surface area contributed by atoms with Gasteiger partial charge in [-0.15, -0.1) is 0 Å². The van der Waals surface area contributed by atoms with Crippen molar-refractivity contribution in [2.75, 3.05) is 13.7 Å². The van der Waals surface area contributed by atoms with E-state index in [4.69, 9.17) is 9.47 Å². The molecule has 0 atom stereocenters. The second kappa shape index (κ2) is 11.7. The lowest BCUT2D eigenvalue weighted by Gasteiger charge is -2.23. The first-order valence-corrected chi connectivity index (χ1v) is 11.3. The summed E-state index contributed by atoms with van der Waals surface area (Å²) in [5.41, 5.74) is 3.89. The fourth-order valence-electron chi connectivity index (χ4n) is 3.71. The van der Waals surface area contributed by atoms with Crippen molar-refractivity contribution in [1.82, 2.24) is 9.88 Å². The minimum Gasteiger partial charge on any atom is -0.497 e. The van der Waals surface area contributed by atoms with Gasteiger partial charge in [0.1, 0.15) is 11.5 Å². The first-order chi connectivity index (χ1) is 16.7. The van der Waals surface area contributed by atoms with Crippen LogP contribution in [0, 0.1) is 0 Å². The number of hydrogen-bond donors (Lipinski definition) is 0. The molecule has 5 heteroatoms. The Morgan fingerprint density at radius 3 is 2.21 bits per heavy atom. The molecule has 3 aromatic carbocycles. The number of aromatic nitrogens is 1. The maximum absolute atomic E-state index is 13.4. The monoisotopic (exact) mass is 452 g/mol. The van der Waals surface area contributed by atoms with Gasteiger partial charge in [0.2, 0.25) is 0 Å². The number of ether oxygens (including phenoxy) is 2. The van der Waals surface area contributed by atoms with Crippen LogP contribution in [0.2, 0.25) is 0 Å². The Hall–Kier alpha value is -4.12. The summed E-state index contributed by atoms with van der Waals surface area (Å²) in [6, 6.07) is 29.3. The van der Waals surface area contributed by atoms with E-state index in [1.54, 1.807) is 43.8 Å². The van der Waals surface area contributed by atoms with Crippen molar-refractivity contribution in [2.24, 2.45) is 0 Å². The van der Waals surface area contributed by atoms with Gasteiger partial charge >= 0.3 is 0 Å². The first kappa shape index (κ1) is 23.1. The molecule has 0 radical (unpaired) electrons. The van der Waals surface area contributed by atoms with E-state index >= 15 is 0 Å². The highest BCUT2D eigenvalue weighted by Gasteiger charge is 2.17. The highest BCUT2D eigenvalue weighted by molar-refractivity contribution is 5.94. The molecule has 0 aliphatic rings. The summed E-state index contributed by atoms with van der Waals surface area (Å²) in [5.74, 6) is 1.47. The normalized spacial score (nSPS) is 10.5. The van der Waals surface area contributed by atoms with Crippen LogP contribution in [0.4, 0.5) is 0 Å². The van der Waals surface area contributed by atoms with Crippen molar-refractivity contribution in [1.29, 1.82) is 0 Å². The van der Waals surface area contributed by atoms with Crippen LogP contribution in [0.3, 0.4) is 0 Å². The van der Waals surface area contributed by atoms with Crippen molar-refractivity contribution in [3.63, 3.8) is 0 Å². The summed E-state index contributed by atoms with van der Waals surface area (Å²) < 4.78 is 11.2. The fourth-order valence-corrected chi connectivity index (χ4v) is 3.71. The molecule has 1 heterocycles. The summed E-state index contributed by atoms with van der Waals surface area (Å²) in [6.45, 7) is 1.54. The lowest BCUT2D eigenvalue weighted by Crippen LogP contribution is -2.30. The van der Waals surface area contributed by atoms with Crippen molar-refractivity contribution in [3.05, 3.63) is 126 Å². The van der Waals surface area contributed by atoms with E-state index in [-0.39, 0.29) is 5.91 Å². The van der Waals surface area contributed by atoms with Crippen molar-refractivity contribution < 1.29 is 14.3 Å². The molecule has 0 aliphatic heterocycles. The molecule has 1 amide bonds. The molecule has 34 heavy (non-hydrogen) atoms. The Balaban J connectivity index is 1.47. The minimum absolute atomic E-state index is 0.0464. The molecule has 0 fully saturated rings. The molecule has 0 bridgehead atoms. The maximum Gasteiger partial charge on any atom is 0.254 e. The summed E-state index contributed by atoms with van der Waals surface area (Å²) in [6.07, 6.45) is 4.33. The van der Waals surface area contributed by atoms with Crippen LogP contribution >= 0.6 is 0 Å². The van der Waals surface area contributed by atoms with E-state index < -0.39 is 0 Å². The summed E-state index contributed by atoms with van der Waals surface area (Å²) in [5, 5.41) is 0. The zero-order valence-corrected chi connectivity index (χ0v) is 19.3. The largest absolute Gasteiger partial charge is 0.497 e. The van der Waals surface area contributed by atoms with Crippen molar-refractivity contribution >= 4 is 5.91 Å². The summed E-state index contributed by atoms with van der Waals surface area (Å²) >= 11 is 0. The predicted molar refractivity (Wildman–Crippen MR) is 133 cm³/mol. The molecular formula is C29H28N2O3. The molecule has 0 saturated carbocycles. The van der Waals surface area contributed by atoms with E-state index in [1.165, 1.54) is 5.56 Å². The molecule has 0 N–H and O–H groups in total. The smallest absolute Gasteiger partial charge is 0.254 e. The molecule has 0 saturated heterocycles. The second-order valence-corrected chi connectivity index (χ2v) is 7.98. The third-order valence-corrected chi connectivity index (χ3v) is 5.52. The Morgan fingerprint density at radius 2 is 1.47 bits per heavy atom. The van der Waals surface area contributed by atoms with Gasteiger partial charge in [0.25, 0.3) is 5.91 Å². The lowest BCUT2D eigenvalue weighted by atomic mass is 10.1. The van der Waals surface area contributed by atoms with E-state index in [1.807, 2.05) is 59.5 Å². The van der Waals surface area contributed by atoms with Gasteiger partial charge in [-0.2, -0.15) is 0 Å². The Bertz CT molecular complexity index is 1180. The van der Waals surface area contributed by atoms with E-state index in [0.29, 0.717) is 25.3 Å². The van der Waals surface area contributed by atoms with E-state index in [9.17, 15) is 4.79 Å². The quantitative estimate of drug-likeness (QED) is 0.316. The number of nitrogens with zero attached hydrogens (tertiary/aromatic N) is 2. The average Bonchev–Trinajstić information content (AvgIpc) is 2.89. The van der Waals surface area contributed by atoms with Crippen molar-refractivity contribution in [3.8, 4) is 11.5 Å². The van der Waals surface area contributed by atoms with Gasteiger partial charge in [-0.25, -0.2) is 0 Å². The third kappa shape index (κ3) is 6.45. The van der Waals surface area contributed by atoms with Crippen LogP contribution in [-0.4, -0.2) is 29.5 Å². The number of amides is 1. The second-order valence-electron chi connectivity index (χ2n) is 7.98. The van der Waals surface area contributed by atoms with Gasteiger partial charge in [-0.3, -0.25) is 9.78 Å². The van der Waals surface area contributed by atoms with Crippen LogP contribution in [0.1, 0.15) is 27.0 Å². The van der Waals surface area contributed by atoms with Crippen LogP contribution in [-0.2, 0) is 19.5 Å². The lowest BCUT2D eigenvalue weighted by molar-refractivity contribution is 0.0729. The molecule has 5 nitrogen and oxygen atoms in total. The predicted octanol–water partition coefficient (Wildman–Crippen LogP) is 5.55. The number of carbonyl (C=O) groups excluding carboxylic acids is 1. The van der Waals surface area contributed by atoms with Crippen LogP contribution < -0.4 is 9.47 Å². The number of methoxy groups -OCH3 is 1. The number of benzene rings is 3. The van der Waals surface area contributed by atoms with Crippen LogP contribution in [0.15, 0.2) is 103 Å². The van der Waals surface area contributed by atoms with Crippen LogP contribution in [0.5, 0.6) is 11.5 Å². The van der Waals surface area contributed by atoms with E-state index in [0.717, 1.165) is 29.0 Å². The SMILES string of the molecule is COc1ccc(C(=O)N(Cc2ccncc2)Cc2cccc(OCCc3ccccc3)c2)cc1. The fraction of sp³-hybridized carbons (Fsp3) is 0.172. The molecule has 4 rings (SSSR count).